The second-order valence-corrected chi connectivity index (χ2v) is 7.23. The van der Waals surface area contributed by atoms with Crippen molar-refractivity contribution in [3.63, 3.8) is 0 Å². The predicted octanol–water partition coefficient (Wildman–Crippen LogP) is 6.48. The second kappa shape index (κ2) is 8.33. The van der Waals surface area contributed by atoms with Gasteiger partial charge in [-0.15, -0.1) is 0 Å². The van der Waals surface area contributed by atoms with Crippen LogP contribution in [0.25, 0.3) is 32.4 Å². The fraction of sp³-hybridized carbons (Fsp3) is 0.304. The van der Waals surface area contributed by atoms with Crippen molar-refractivity contribution in [2.24, 2.45) is 5.11 Å². The van der Waals surface area contributed by atoms with Gasteiger partial charge in [-0.3, -0.25) is 0 Å². The molecule has 2 aromatic carbocycles. The first-order valence-electron chi connectivity index (χ1n) is 10.2. The van der Waals surface area contributed by atoms with Gasteiger partial charge in [0.15, 0.2) is 5.82 Å². The minimum atomic E-state index is 0.346. The molecule has 0 bridgehead atoms. The summed E-state index contributed by atoms with van der Waals surface area (Å²) in [4.78, 5) is 12.4. The molecular weight excluding hydrogens is 360 g/mol. The zero-order chi connectivity index (χ0) is 20.2. The Kier molecular flexibility index (Phi) is 5.45. The number of benzene rings is 2. The van der Waals surface area contributed by atoms with Crippen molar-refractivity contribution in [2.45, 2.75) is 46.1 Å². The van der Waals surface area contributed by atoms with Crippen molar-refractivity contribution in [2.75, 3.05) is 0 Å². The molecule has 6 heteroatoms. The van der Waals surface area contributed by atoms with E-state index in [4.69, 9.17) is 10.5 Å². The van der Waals surface area contributed by atoms with Crippen LogP contribution in [-0.2, 0) is 19.4 Å². The minimum absolute atomic E-state index is 0.346. The summed E-state index contributed by atoms with van der Waals surface area (Å²) in [5.74, 6) is 1.35. The van der Waals surface area contributed by atoms with Gasteiger partial charge in [-0.2, -0.15) is 0 Å². The number of fused-ring (bicyclic) bond motifs is 3. The van der Waals surface area contributed by atoms with Crippen molar-refractivity contribution >= 4 is 27.8 Å². The van der Waals surface area contributed by atoms with Gasteiger partial charge in [-0.05, 0) is 40.7 Å². The molecule has 0 amide bonds. The Morgan fingerprint density at radius 3 is 2.48 bits per heavy atom. The van der Waals surface area contributed by atoms with Gasteiger partial charge in [0, 0.05) is 23.3 Å². The Hall–Kier alpha value is -3.37. The molecule has 0 aliphatic heterocycles. The van der Waals surface area contributed by atoms with E-state index in [9.17, 15) is 0 Å². The summed E-state index contributed by atoms with van der Waals surface area (Å²) in [6.07, 6.45) is 4.06. The number of para-hydroxylation sites is 1. The fourth-order valence-corrected chi connectivity index (χ4v) is 3.74. The van der Waals surface area contributed by atoms with Crippen LogP contribution >= 0.6 is 0 Å². The van der Waals surface area contributed by atoms with Crippen LogP contribution in [0, 0.1) is 0 Å². The van der Waals surface area contributed by atoms with E-state index in [1.54, 1.807) is 0 Å². The van der Waals surface area contributed by atoms with Crippen LogP contribution in [0.4, 0.5) is 5.82 Å². The van der Waals surface area contributed by atoms with Crippen LogP contribution in [0.5, 0.6) is 0 Å². The third-order valence-corrected chi connectivity index (χ3v) is 5.31. The van der Waals surface area contributed by atoms with Crippen molar-refractivity contribution < 1.29 is 0 Å². The number of aryl methyl sites for hydroxylation is 2. The molecule has 29 heavy (non-hydrogen) atoms. The molecule has 0 radical (unpaired) electrons. The Morgan fingerprint density at radius 1 is 1.00 bits per heavy atom. The summed E-state index contributed by atoms with van der Waals surface area (Å²) < 4.78 is 2.27. The quantitative estimate of drug-likeness (QED) is 0.208. The lowest BCUT2D eigenvalue weighted by Gasteiger charge is -2.11. The van der Waals surface area contributed by atoms with E-state index in [0.717, 1.165) is 54.5 Å². The first-order valence-corrected chi connectivity index (χ1v) is 10.2. The highest BCUT2D eigenvalue weighted by Crippen LogP contribution is 2.32. The molecule has 4 aromatic rings. The summed E-state index contributed by atoms with van der Waals surface area (Å²) >= 11 is 0. The number of hydrogen-bond donors (Lipinski definition) is 0. The number of unbranched alkanes of at least 4 members (excludes halogenated alkanes) is 1. The lowest BCUT2D eigenvalue weighted by molar-refractivity contribution is 0.690. The topological polar surface area (TPSA) is 79.5 Å². The van der Waals surface area contributed by atoms with Gasteiger partial charge >= 0.3 is 0 Å². The van der Waals surface area contributed by atoms with Crippen molar-refractivity contribution in [3.8, 4) is 0 Å². The van der Waals surface area contributed by atoms with Crippen molar-refractivity contribution in [3.05, 3.63) is 75.9 Å². The fourth-order valence-electron chi connectivity index (χ4n) is 3.74. The zero-order valence-corrected chi connectivity index (χ0v) is 16.8. The van der Waals surface area contributed by atoms with Crippen molar-refractivity contribution in [1.29, 1.82) is 0 Å². The molecule has 0 spiro atoms. The highest BCUT2D eigenvalue weighted by Gasteiger charge is 2.18. The second-order valence-electron chi connectivity index (χ2n) is 7.23. The molecule has 0 aliphatic rings. The lowest BCUT2D eigenvalue weighted by atomic mass is 10.1. The maximum Gasteiger partial charge on any atom is 0.155 e. The van der Waals surface area contributed by atoms with E-state index < -0.39 is 0 Å². The van der Waals surface area contributed by atoms with E-state index in [1.807, 2.05) is 18.2 Å². The van der Waals surface area contributed by atoms with Gasteiger partial charge in [0.2, 0.25) is 0 Å². The Morgan fingerprint density at radius 2 is 1.76 bits per heavy atom. The zero-order valence-electron chi connectivity index (χ0n) is 16.8. The third-order valence-electron chi connectivity index (χ3n) is 5.31. The molecule has 0 atom stereocenters. The van der Waals surface area contributed by atoms with E-state index in [0.29, 0.717) is 11.3 Å². The average Bonchev–Trinajstić information content (AvgIpc) is 3.12. The summed E-state index contributed by atoms with van der Waals surface area (Å²) in [5, 5.41) is 4.87. The first kappa shape index (κ1) is 19.0. The maximum atomic E-state index is 9.04. The van der Waals surface area contributed by atoms with Crippen LogP contribution < -0.4 is 0 Å². The monoisotopic (exact) mass is 384 g/mol. The van der Waals surface area contributed by atoms with E-state index in [2.05, 4.69) is 63.8 Å². The molecule has 0 N–H and O–H groups in total. The summed E-state index contributed by atoms with van der Waals surface area (Å²) in [6.45, 7) is 5.07. The highest BCUT2D eigenvalue weighted by molar-refractivity contribution is 6.06. The first-order chi connectivity index (χ1) is 14.2. The summed E-state index contributed by atoms with van der Waals surface area (Å²) in [6, 6.07) is 16.7. The Labute approximate surface area is 169 Å². The molecule has 2 heterocycles. The number of hydrogen-bond acceptors (Lipinski definition) is 3. The molecule has 6 nitrogen and oxygen atoms in total. The summed E-state index contributed by atoms with van der Waals surface area (Å²) in [7, 11) is 0. The maximum absolute atomic E-state index is 9.04. The molecular formula is C23H24N6. The normalized spacial score (nSPS) is 11.1. The van der Waals surface area contributed by atoms with Crippen LogP contribution in [0.2, 0.25) is 0 Å². The van der Waals surface area contributed by atoms with Gasteiger partial charge in [0.25, 0.3) is 0 Å². The molecule has 2 aromatic heterocycles. The van der Waals surface area contributed by atoms with Crippen molar-refractivity contribution in [1.82, 2.24) is 14.5 Å². The smallest absolute Gasteiger partial charge is 0.155 e. The predicted molar refractivity (Wildman–Crippen MR) is 117 cm³/mol. The van der Waals surface area contributed by atoms with E-state index in [-0.39, 0.29) is 0 Å². The SMILES string of the molecule is CCCCc1nc2c(N=[N+]=[N-])nc3ccccc3c2n1Cc1ccc(CC)cc1. The number of aromatic nitrogens is 3. The Bertz CT molecular complexity index is 1200. The van der Waals surface area contributed by atoms with Crippen LogP contribution in [0.1, 0.15) is 43.6 Å². The number of rotatable bonds is 7. The molecule has 0 saturated heterocycles. The van der Waals surface area contributed by atoms with Crippen LogP contribution in [-0.4, -0.2) is 14.5 Å². The summed E-state index contributed by atoms with van der Waals surface area (Å²) in [5.41, 5.74) is 14.1. The standard InChI is InChI=1S/C23H24N6/c1-3-5-10-20-26-21-22(29(20)15-17-13-11-16(4-2)12-14-17)18-8-6-7-9-19(18)25-23(21)27-28-24/h6-9,11-14H,3-5,10,15H2,1-2H3. The van der Waals surface area contributed by atoms with Crippen LogP contribution in [0.3, 0.4) is 0 Å². The Balaban J connectivity index is 1.96. The molecule has 4 rings (SSSR count). The van der Waals surface area contributed by atoms with E-state index >= 15 is 0 Å². The number of azide groups is 1. The molecule has 0 saturated carbocycles. The molecule has 0 fully saturated rings. The van der Waals surface area contributed by atoms with Gasteiger partial charge < -0.3 is 4.57 Å². The van der Waals surface area contributed by atoms with E-state index in [1.165, 1.54) is 11.1 Å². The molecule has 0 unspecified atom stereocenters. The average molecular weight is 384 g/mol. The number of nitrogens with zero attached hydrogens (tertiary/aromatic N) is 6. The minimum Gasteiger partial charge on any atom is -0.323 e. The number of pyridine rings is 1. The largest absolute Gasteiger partial charge is 0.323 e. The van der Waals surface area contributed by atoms with Gasteiger partial charge in [-0.25, -0.2) is 9.97 Å². The third kappa shape index (κ3) is 3.67. The lowest BCUT2D eigenvalue weighted by Crippen LogP contribution is -2.06. The highest BCUT2D eigenvalue weighted by atomic mass is 15.2. The van der Waals surface area contributed by atoms with Gasteiger partial charge in [0.05, 0.1) is 11.0 Å². The van der Waals surface area contributed by atoms with Gasteiger partial charge in [0.1, 0.15) is 11.3 Å². The molecule has 146 valence electrons. The van der Waals surface area contributed by atoms with Crippen LogP contribution in [0.15, 0.2) is 53.6 Å². The molecule has 0 aliphatic carbocycles. The number of imidazole rings is 1. The van der Waals surface area contributed by atoms with Gasteiger partial charge in [-0.1, -0.05) is 62.7 Å².